The first kappa shape index (κ1) is 23.1. The lowest BCUT2D eigenvalue weighted by Gasteiger charge is -2.22. The van der Waals surface area contributed by atoms with Gasteiger partial charge in [-0.25, -0.2) is 18.9 Å². The topological polar surface area (TPSA) is 147 Å². The number of amides is 1. The van der Waals surface area contributed by atoms with Crippen molar-refractivity contribution >= 4 is 21.7 Å². The van der Waals surface area contributed by atoms with Gasteiger partial charge in [0.25, 0.3) is 0 Å². The summed E-state index contributed by atoms with van der Waals surface area (Å²) in [5.41, 5.74) is 2.23. The summed E-state index contributed by atoms with van der Waals surface area (Å²) in [4.78, 5) is 20.2. The van der Waals surface area contributed by atoms with Gasteiger partial charge in [0.2, 0.25) is 27.6 Å². The molecule has 1 saturated carbocycles. The van der Waals surface area contributed by atoms with E-state index >= 15 is 0 Å². The average Bonchev–Trinajstić information content (AvgIpc) is 3.23. The molecule has 0 saturated heterocycles. The fraction of sp³-hybridized carbons (Fsp3) is 0.600. The Bertz CT molecular complexity index is 955. The van der Waals surface area contributed by atoms with Gasteiger partial charge in [-0.05, 0) is 24.5 Å². The third-order valence-electron chi connectivity index (χ3n) is 5.55. The zero-order valence-electron chi connectivity index (χ0n) is 17.6. The molecule has 2 aromatic rings. The van der Waals surface area contributed by atoms with Crippen molar-refractivity contribution in [2.45, 2.75) is 63.7 Å². The molecule has 11 heteroatoms. The molecule has 0 aromatic carbocycles. The van der Waals surface area contributed by atoms with Crippen LogP contribution in [0.25, 0.3) is 11.4 Å². The van der Waals surface area contributed by atoms with Crippen LogP contribution in [0.15, 0.2) is 22.9 Å². The smallest absolute Gasteiger partial charge is 0.244 e. The lowest BCUT2D eigenvalue weighted by molar-refractivity contribution is -0.129. The number of carbonyl (C=O) groups excluding carboxylic acids is 1. The van der Waals surface area contributed by atoms with Crippen LogP contribution in [0.5, 0.6) is 0 Å². The number of rotatable bonds is 10. The SMILES string of the molecule is CS(=O)(=O)Nc1ccc(-c2noc([C@H](CCCC3CCCCC3)CC(=O)NO)n2)cn1. The van der Waals surface area contributed by atoms with E-state index in [4.69, 9.17) is 9.73 Å². The van der Waals surface area contributed by atoms with Gasteiger partial charge < -0.3 is 4.52 Å². The Hall–Kier alpha value is -2.53. The molecule has 1 fully saturated rings. The van der Waals surface area contributed by atoms with E-state index in [0.29, 0.717) is 23.7 Å². The molecule has 1 aliphatic rings. The van der Waals surface area contributed by atoms with Gasteiger partial charge in [0, 0.05) is 24.1 Å². The second-order valence-corrected chi connectivity index (χ2v) is 9.88. The summed E-state index contributed by atoms with van der Waals surface area (Å²) < 4.78 is 30.3. The minimum atomic E-state index is -3.41. The van der Waals surface area contributed by atoms with E-state index in [9.17, 15) is 13.2 Å². The van der Waals surface area contributed by atoms with Crippen LogP contribution in [-0.4, -0.2) is 40.9 Å². The van der Waals surface area contributed by atoms with Crippen LogP contribution < -0.4 is 10.2 Å². The summed E-state index contributed by atoms with van der Waals surface area (Å²) in [6, 6.07) is 3.14. The molecular formula is C20H29N5O5S. The molecule has 2 heterocycles. The summed E-state index contributed by atoms with van der Waals surface area (Å²) in [6.45, 7) is 0. The normalized spacial score (nSPS) is 16.1. The fourth-order valence-electron chi connectivity index (χ4n) is 4.01. The van der Waals surface area contributed by atoms with Crippen molar-refractivity contribution in [3.63, 3.8) is 0 Å². The quantitative estimate of drug-likeness (QED) is 0.368. The summed E-state index contributed by atoms with van der Waals surface area (Å²) in [6.07, 6.45) is 11.7. The number of sulfonamides is 1. The highest BCUT2D eigenvalue weighted by Crippen LogP contribution is 2.31. The molecule has 31 heavy (non-hydrogen) atoms. The van der Waals surface area contributed by atoms with Gasteiger partial charge in [0.1, 0.15) is 5.82 Å². The Morgan fingerprint density at radius 1 is 1.29 bits per heavy atom. The first-order valence-electron chi connectivity index (χ1n) is 10.5. The van der Waals surface area contributed by atoms with Crippen LogP contribution in [0.1, 0.15) is 69.6 Å². The first-order chi connectivity index (χ1) is 14.8. The third-order valence-corrected chi connectivity index (χ3v) is 6.13. The van der Waals surface area contributed by atoms with Crippen LogP contribution in [0, 0.1) is 5.92 Å². The number of anilines is 1. The van der Waals surface area contributed by atoms with Crippen LogP contribution in [-0.2, 0) is 14.8 Å². The zero-order valence-corrected chi connectivity index (χ0v) is 18.4. The second-order valence-electron chi connectivity index (χ2n) is 8.13. The molecule has 1 atom stereocenters. The van der Waals surface area contributed by atoms with Crippen LogP contribution in [0.2, 0.25) is 0 Å². The van der Waals surface area contributed by atoms with Crippen molar-refractivity contribution < 1.29 is 22.9 Å². The highest BCUT2D eigenvalue weighted by atomic mass is 32.2. The highest BCUT2D eigenvalue weighted by Gasteiger charge is 2.23. The van der Waals surface area contributed by atoms with E-state index < -0.39 is 15.9 Å². The van der Waals surface area contributed by atoms with E-state index in [1.54, 1.807) is 11.5 Å². The molecule has 0 spiro atoms. The standard InChI is InChI=1S/C20H29N5O5S/c1-31(28,29)25-17-11-10-16(13-21-17)19-22-20(30-24-19)15(12-18(26)23-27)9-5-8-14-6-3-2-4-7-14/h10-11,13-15,27H,2-9,12H2,1H3,(H,21,25)(H,23,26)/t15-/m1/s1. The van der Waals surface area contributed by atoms with Crippen LogP contribution >= 0.6 is 0 Å². The van der Waals surface area contributed by atoms with E-state index in [1.807, 2.05) is 0 Å². The Morgan fingerprint density at radius 2 is 2.06 bits per heavy atom. The maximum Gasteiger partial charge on any atom is 0.244 e. The largest absolute Gasteiger partial charge is 0.339 e. The van der Waals surface area contributed by atoms with Crippen LogP contribution in [0.4, 0.5) is 5.82 Å². The molecule has 1 aliphatic carbocycles. The Labute approximate surface area is 181 Å². The Morgan fingerprint density at radius 3 is 2.71 bits per heavy atom. The number of hydrogen-bond donors (Lipinski definition) is 3. The summed E-state index contributed by atoms with van der Waals surface area (Å²) in [7, 11) is -3.41. The van der Waals surface area contributed by atoms with Crippen molar-refractivity contribution in [3.8, 4) is 11.4 Å². The van der Waals surface area contributed by atoms with Crippen molar-refractivity contribution in [1.29, 1.82) is 0 Å². The number of nitrogens with zero attached hydrogens (tertiary/aromatic N) is 3. The number of hydrogen-bond acceptors (Lipinski definition) is 8. The number of carbonyl (C=O) groups is 1. The minimum absolute atomic E-state index is 0.0538. The predicted molar refractivity (Wildman–Crippen MR) is 114 cm³/mol. The van der Waals surface area contributed by atoms with Crippen molar-refractivity contribution in [1.82, 2.24) is 20.6 Å². The molecule has 10 nitrogen and oxygen atoms in total. The van der Waals surface area contributed by atoms with Gasteiger partial charge >= 0.3 is 0 Å². The van der Waals surface area contributed by atoms with Crippen molar-refractivity contribution in [3.05, 3.63) is 24.2 Å². The van der Waals surface area contributed by atoms with Gasteiger partial charge in [0.05, 0.1) is 6.26 Å². The molecule has 3 rings (SSSR count). The zero-order chi connectivity index (χ0) is 22.3. The van der Waals surface area contributed by atoms with E-state index in [-0.39, 0.29) is 18.2 Å². The van der Waals surface area contributed by atoms with Crippen molar-refractivity contribution in [2.75, 3.05) is 11.0 Å². The molecular weight excluding hydrogens is 422 g/mol. The van der Waals surface area contributed by atoms with Gasteiger partial charge in [-0.1, -0.05) is 50.1 Å². The lowest BCUT2D eigenvalue weighted by Crippen LogP contribution is -2.21. The predicted octanol–water partition coefficient (Wildman–Crippen LogP) is 3.23. The molecule has 0 unspecified atom stereocenters. The molecule has 1 amide bonds. The summed E-state index contributed by atoms with van der Waals surface area (Å²) >= 11 is 0. The van der Waals surface area contributed by atoms with E-state index in [2.05, 4.69) is 19.8 Å². The minimum Gasteiger partial charge on any atom is -0.339 e. The molecule has 2 aromatic heterocycles. The summed E-state index contributed by atoms with van der Waals surface area (Å²) in [5, 5.41) is 12.9. The Kier molecular flexibility index (Phi) is 7.97. The molecule has 170 valence electrons. The third kappa shape index (κ3) is 7.28. The number of pyridine rings is 1. The average molecular weight is 452 g/mol. The maximum absolute atomic E-state index is 11.8. The van der Waals surface area contributed by atoms with Gasteiger partial charge in [-0.3, -0.25) is 14.7 Å². The number of nitrogens with one attached hydrogen (secondary N) is 2. The Balaban J connectivity index is 1.66. The van der Waals surface area contributed by atoms with Gasteiger partial charge in [-0.2, -0.15) is 4.98 Å². The van der Waals surface area contributed by atoms with Gasteiger partial charge in [-0.15, -0.1) is 0 Å². The summed E-state index contributed by atoms with van der Waals surface area (Å²) in [5.74, 6) is 0.770. The number of hydroxylamine groups is 1. The van der Waals surface area contributed by atoms with Crippen LogP contribution in [0.3, 0.4) is 0 Å². The molecule has 0 radical (unpaired) electrons. The lowest BCUT2D eigenvalue weighted by atomic mass is 9.84. The molecule has 3 N–H and O–H groups in total. The van der Waals surface area contributed by atoms with Crippen molar-refractivity contribution in [2.24, 2.45) is 5.92 Å². The van der Waals surface area contributed by atoms with E-state index in [1.165, 1.54) is 44.4 Å². The van der Waals surface area contributed by atoms with E-state index in [0.717, 1.165) is 25.0 Å². The fourth-order valence-corrected chi connectivity index (χ4v) is 4.51. The monoisotopic (exact) mass is 451 g/mol. The molecule has 0 aliphatic heterocycles. The number of aromatic nitrogens is 3. The molecule has 0 bridgehead atoms. The second kappa shape index (κ2) is 10.7. The first-order valence-corrected chi connectivity index (χ1v) is 12.4. The highest BCUT2D eigenvalue weighted by molar-refractivity contribution is 7.92. The maximum atomic E-state index is 11.8. The van der Waals surface area contributed by atoms with Gasteiger partial charge in [0.15, 0.2) is 0 Å².